The van der Waals surface area contributed by atoms with Crippen LogP contribution in [-0.4, -0.2) is 31.5 Å². The normalized spacial score (nSPS) is 10.4. The van der Waals surface area contributed by atoms with Crippen LogP contribution in [0.25, 0.3) is 11.0 Å². The third kappa shape index (κ3) is 5.70. The van der Waals surface area contributed by atoms with Gasteiger partial charge in [-0.05, 0) is 30.2 Å². The number of carbonyl (C=O) groups is 2. The molecule has 0 atom stereocenters. The highest BCUT2D eigenvalue weighted by atomic mass is 16.5. The summed E-state index contributed by atoms with van der Waals surface area (Å²) in [6, 6.07) is 17.7. The van der Waals surface area contributed by atoms with Crippen LogP contribution in [-0.2, 0) is 16.0 Å². The van der Waals surface area contributed by atoms with E-state index in [1.807, 2.05) is 30.3 Å². The molecule has 7 nitrogen and oxygen atoms in total. The van der Waals surface area contributed by atoms with Gasteiger partial charge in [0.1, 0.15) is 11.3 Å². The molecule has 0 aliphatic heterocycles. The van der Waals surface area contributed by atoms with Gasteiger partial charge < -0.3 is 19.8 Å². The van der Waals surface area contributed by atoms with Gasteiger partial charge in [0.15, 0.2) is 6.61 Å². The first-order valence-electron chi connectivity index (χ1n) is 8.84. The predicted molar refractivity (Wildman–Crippen MR) is 104 cm³/mol. The van der Waals surface area contributed by atoms with E-state index >= 15 is 0 Å². The summed E-state index contributed by atoms with van der Waals surface area (Å²) < 4.78 is 10.4. The minimum Gasteiger partial charge on any atom is -0.484 e. The van der Waals surface area contributed by atoms with Crippen LogP contribution >= 0.6 is 0 Å². The van der Waals surface area contributed by atoms with Crippen LogP contribution in [0.15, 0.2) is 69.9 Å². The third-order valence-corrected chi connectivity index (χ3v) is 3.99. The second-order valence-electron chi connectivity index (χ2n) is 6.11. The molecule has 0 spiro atoms. The Morgan fingerprint density at radius 1 is 0.929 bits per heavy atom. The third-order valence-electron chi connectivity index (χ3n) is 3.99. The van der Waals surface area contributed by atoms with Crippen LogP contribution in [0.5, 0.6) is 5.75 Å². The topological polar surface area (TPSA) is 97.6 Å². The van der Waals surface area contributed by atoms with Gasteiger partial charge >= 0.3 is 5.63 Å². The van der Waals surface area contributed by atoms with E-state index in [1.54, 1.807) is 24.3 Å². The highest BCUT2D eigenvalue weighted by Crippen LogP contribution is 2.19. The molecular weight excluding hydrogens is 360 g/mol. The number of fused-ring (bicyclic) bond motifs is 1. The molecule has 1 heterocycles. The molecule has 0 saturated carbocycles. The molecule has 7 heteroatoms. The number of amides is 2. The van der Waals surface area contributed by atoms with Crippen LogP contribution in [0.4, 0.5) is 0 Å². The van der Waals surface area contributed by atoms with E-state index in [4.69, 9.17) is 9.15 Å². The fourth-order valence-electron chi connectivity index (χ4n) is 2.56. The summed E-state index contributed by atoms with van der Waals surface area (Å²) >= 11 is 0. The molecule has 28 heavy (non-hydrogen) atoms. The minimum atomic E-state index is -0.458. The molecule has 1 aromatic heterocycles. The van der Waals surface area contributed by atoms with Crippen molar-refractivity contribution in [3.63, 3.8) is 0 Å². The van der Waals surface area contributed by atoms with E-state index in [-0.39, 0.29) is 19.1 Å². The number of ether oxygens (including phenoxy) is 1. The first-order chi connectivity index (χ1) is 13.6. The number of benzene rings is 2. The Morgan fingerprint density at radius 2 is 1.71 bits per heavy atom. The number of carbonyl (C=O) groups excluding carboxylic acids is 2. The molecule has 2 amide bonds. The van der Waals surface area contributed by atoms with Crippen molar-refractivity contribution in [2.75, 3.05) is 19.7 Å². The summed E-state index contributed by atoms with van der Waals surface area (Å²) in [7, 11) is 0. The molecule has 0 fully saturated rings. The lowest BCUT2D eigenvalue weighted by molar-refractivity contribution is -0.127. The molecule has 0 radical (unpaired) electrons. The number of hydrogen-bond donors (Lipinski definition) is 2. The second-order valence-corrected chi connectivity index (χ2v) is 6.11. The number of nitrogens with one attached hydrogen (secondary N) is 2. The summed E-state index contributed by atoms with van der Waals surface area (Å²) in [5, 5.41) is 6.00. The molecule has 0 aliphatic carbocycles. The fourth-order valence-corrected chi connectivity index (χ4v) is 2.56. The summed E-state index contributed by atoms with van der Waals surface area (Å²) in [5.41, 5.74) is 1.05. The summed E-state index contributed by atoms with van der Waals surface area (Å²) in [6.45, 7) is 0.126. The summed E-state index contributed by atoms with van der Waals surface area (Å²) in [4.78, 5) is 34.9. The lowest BCUT2D eigenvalue weighted by atomic mass is 10.1. The van der Waals surface area contributed by atoms with Crippen molar-refractivity contribution in [3.05, 3.63) is 76.6 Å². The van der Waals surface area contributed by atoms with E-state index in [1.165, 1.54) is 6.07 Å². The predicted octanol–water partition coefficient (Wildman–Crippen LogP) is 1.65. The Kier molecular flexibility index (Phi) is 6.41. The molecule has 0 saturated heterocycles. The van der Waals surface area contributed by atoms with Gasteiger partial charge in [-0.1, -0.05) is 30.3 Å². The van der Waals surface area contributed by atoms with Crippen LogP contribution in [0.1, 0.15) is 5.56 Å². The first kappa shape index (κ1) is 19.2. The van der Waals surface area contributed by atoms with Crippen molar-refractivity contribution in [1.82, 2.24) is 10.6 Å². The van der Waals surface area contributed by atoms with Crippen LogP contribution in [0, 0.1) is 0 Å². The zero-order valence-electron chi connectivity index (χ0n) is 15.1. The second kappa shape index (κ2) is 9.36. The molecule has 3 aromatic rings. The average molecular weight is 380 g/mol. The fraction of sp³-hybridized carbons (Fsp3) is 0.190. The van der Waals surface area contributed by atoms with Crippen molar-refractivity contribution in [2.45, 2.75) is 6.42 Å². The Bertz CT molecular complexity index is 1010. The monoisotopic (exact) mass is 380 g/mol. The lowest BCUT2D eigenvalue weighted by Gasteiger charge is -2.09. The highest BCUT2D eigenvalue weighted by Gasteiger charge is 2.07. The largest absolute Gasteiger partial charge is 0.484 e. The molecular formula is C21H20N2O5. The molecule has 0 aliphatic rings. The maximum atomic E-state index is 11.8. The van der Waals surface area contributed by atoms with E-state index in [2.05, 4.69) is 10.6 Å². The van der Waals surface area contributed by atoms with Crippen molar-refractivity contribution >= 4 is 22.8 Å². The molecule has 2 N–H and O–H groups in total. The van der Waals surface area contributed by atoms with E-state index in [0.29, 0.717) is 17.9 Å². The maximum Gasteiger partial charge on any atom is 0.336 e. The van der Waals surface area contributed by atoms with Crippen molar-refractivity contribution in [3.8, 4) is 5.75 Å². The van der Waals surface area contributed by atoms with Gasteiger partial charge in [0.25, 0.3) is 5.91 Å². The molecule has 0 unspecified atom stereocenters. The number of hydrogen-bond acceptors (Lipinski definition) is 5. The first-order valence-corrected chi connectivity index (χ1v) is 8.84. The SMILES string of the molecule is O=C(CNC(=O)COc1ccc2ccc(=O)oc2c1)NCCc1ccccc1. The summed E-state index contributed by atoms with van der Waals surface area (Å²) in [6.07, 6.45) is 0.724. The van der Waals surface area contributed by atoms with Crippen LogP contribution in [0.3, 0.4) is 0 Å². The van der Waals surface area contributed by atoms with E-state index < -0.39 is 11.5 Å². The maximum absolute atomic E-state index is 11.8. The standard InChI is InChI=1S/C21H20N2O5/c24-19(22-11-10-15-4-2-1-3-5-15)13-23-20(25)14-27-17-8-6-16-7-9-21(26)28-18(16)12-17/h1-9,12H,10-11,13-14H2,(H,22,24)(H,23,25). The molecule has 144 valence electrons. The van der Waals surface area contributed by atoms with Gasteiger partial charge in [0.05, 0.1) is 6.54 Å². The van der Waals surface area contributed by atoms with E-state index in [0.717, 1.165) is 17.4 Å². The smallest absolute Gasteiger partial charge is 0.336 e. The van der Waals surface area contributed by atoms with Gasteiger partial charge in [-0.15, -0.1) is 0 Å². The van der Waals surface area contributed by atoms with Gasteiger partial charge in [0, 0.05) is 24.1 Å². The number of rotatable bonds is 8. The lowest BCUT2D eigenvalue weighted by Crippen LogP contribution is -2.39. The van der Waals surface area contributed by atoms with Gasteiger partial charge in [-0.2, -0.15) is 0 Å². The molecule has 2 aromatic carbocycles. The summed E-state index contributed by atoms with van der Waals surface area (Å²) in [5.74, 6) is -0.297. The minimum absolute atomic E-state index is 0.121. The van der Waals surface area contributed by atoms with Gasteiger partial charge in [-0.3, -0.25) is 9.59 Å². The zero-order chi connectivity index (χ0) is 19.8. The van der Waals surface area contributed by atoms with Crippen molar-refractivity contribution in [1.29, 1.82) is 0 Å². The molecule has 0 bridgehead atoms. The van der Waals surface area contributed by atoms with Gasteiger partial charge in [0.2, 0.25) is 5.91 Å². The Balaban J connectivity index is 1.38. The Morgan fingerprint density at radius 3 is 2.54 bits per heavy atom. The highest BCUT2D eigenvalue weighted by molar-refractivity contribution is 5.85. The van der Waals surface area contributed by atoms with Gasteiger partial charge in [-0.25, -0.2) is 4.79 Å². The van der Waals surface area contributed by atoms with Crippen molar-refractivity contribution < 1.29 is 18.7 Å². The molecule has 3 rings (SSSR count). The van der Waals surface area contributed by atoms with Crippen molar-refractivity contribution in [2.24, 2.45) is 0 Å². The average Bonchev–Trinajstić information content (AvgIpc) is 2.71. The Hall–Kier alpha value is -3.61. The quantitative estimate of drug-likeness (QED) is 0.579. The zero-order valence-corrected chi connectivity index (χ0v) is 15.1. The van der Waals surface area contributed by atoms with Crippen LogP contribution in [0.2, 0.25) is 0 Å². The van der Waals surface area contributed by atoms with Crippen LogP contribution < -0.4 is 21.0 Å². The Labute approximate surface area is 161 Å². The van der Waals surface area contributed by atoms with E-state index in [9.17, 15) is 14.4 Å².